The Morgan fingerprint density at radius 2 is 2.25 bits per heavy atom. The first kappa shape index (κ1) is 12.1. The van der Waals surface area contributed by atoms with Crippen LogP contribution in [0.4, 0.5) is 0 Å². The molecule has 2 aromatic rings. The fourth-order valence-electron chi connectivity index (χ4n) is 1.53. The number of thiophene rings is 2. The van der Waals surface area contributed by atoms with Crippen molar-refractivity contribution in [3.63, 3.8) is 0 Å². The summed E-state index contributed by atoms with van der Waals surface area (Å²) in [5, 5.41) is 5.63. The summed E-state index contributed by atoms with van der Waals surface area (Å²) in [4.78, 5) is 2.74. The zero-order valence-corrected chi connectivity index (χ0v) is 11.5. The van der Waals surface area contributed by atoms with Crippen molar-refractivity contribution in [2.75, 3.05) is 6.54 Å². The lowest BCUT2D eigenvalue weighted by molar-refractivity contribution is 0.586. The van der Waals surface area contributed by atoms with Gasteiger partial charge in [-0.3, -0.25) is 0 Å². The van der Waals surface area contributed by atoms with Crippen molar-refractivity contribution in [2.45, 2.75) is 19.4 Å². The number of halogens is 1. The van der Waals surface area contributed by atoms with E-state index in [-0.39, 0.29) is 0 Å². The van der Waals surface area contributed by atoms with Gasteiger partial charge in [-0.05, 0) is 36.9 Å². The highest BCUT2D eigenvalue weighted by Crippen LogP contribution is 2.26. The molecular formula is C12H14ClNS2. The monoisotopic (exact) mass is 271 g/mol. The van der Waals surface area contributed by atoms with E-state index >= 15 is 0 Å². The van der Waals surface area contributed by atoms with Crippen LogP contribution in [0.5, 0.6) is 0 Å². The Morgan fingerprint density at radius 1 is 1.38 bits per heavy atom. The molecule has 0 saturated carbocycles. The Labute approximate surface area is 109 Å². The minimum absolute atomic E-state index is 0.387. The fraction of sp³-hybridized carbons (Fsp3) is 0.333. The molecule has 2 heterocycles. The van der Waals surface area contributed by atoms with Crippen molar-refractivity contribution >= 4 is 34.3 Å². The molecule has 0 spiro atoms. The average Bonchev–Trinajstić information content (AvgIpc) is 2.89. The molecule has 0 fully saturated rings. The van der Waals surface area contributed by atoms with Gasteiger partial charge in [-0.1, -0.05) is 17.7 Å². The van der Waals surface area contributed by atoms with Gasteiger partial charge >= 0.3 is 0 Å². The van der Waals surface area contributed by atoms with Crippen LogP contribution in [-0.2, 0) is 6.42 Å². The summed E-state index contributed by atoms with van der Waals surface area (Å²) in [6, 6.07) is 8.72. The third-order valence-corrected chi connectivity index (χ3v) is 4.77. The molecule has 1 unspecified atom stereocenters. The van der Waals surface area contributed by atoms with Crippen LogP contribution in [0.1, 0.15) is 22.7 Å². The molecule has 0 amide bonds. The van der Waals surface area contributed by atoms with Crippen LogP contribution in [0, 0.1) is 0 Å². The Hall–Kier alpha value is -0.350. The smallest absolute Gasteiger partial charge is 0.0931 e. The molecule has 0 radical (unpaired) electrons. The van der Waals surface area contributed by atoms with Crippen molar-refractivity contribution in [3.8, 4) is 0 Å². The quantitative estimate of drug-likeness (QED) is 0.852. The van der Waals surface area contributed by atoms with Crippen LogP contribution in [0.2, 0.25) is 4.34 Å². The molecule has 2 aromatic heterocycles. The summed E-state index contributed by atoms with van der Waals surface area (Å²) < 4.78 is 0.863. The fourth-order valence-corrected chi connectivity index (χ4v) is 3.32. The summed E-state index contributed by atoms with van der Waals surface area (Å²) in [6.07, 6.45) is 1.10. The summed E-state index contributed by atoms with van der Waals surface area (Å²) in [5.74, 6) is 0. The summed E-state index contributed by atoms with van der Waals surface area (Å²) in [6.45, 7) is 3.19. The highest BCUT2D eigenvalue weighted by Gasteiger charge is 2.07. The Bertz CT molecular complexity index is 422. The maximum atomic E-state index is 5.91. The first-order valence-electron chi connectivity index (χ1n) is 5.26. The van der Waals surface area contributed by atoms with Crippen LogP contribution < -0.4 is 5.32 Å². The Balaban J connectivity index is 1.78. The van der Waals surface area contributed by atoms with Gasteiger partial charge < -0.3 is 5.32 Å². The van der Waals surface area contributed by atoms with Crippen molar-refractivity contribution < 1.29 is 0 Å². The van der Waals surface area contributed by atoms with Crippen LogP contribution in [0.3, 0.4) is 0 Å². The van der Waals surface area contributed by atoms with E-state index in [0.29, 0.717) is 6.04 Å². The van der Waals surface area contributed by atoms with Gasteiger partial charge in [0.15, 0.2) is 0 Å². The Kier molecular flexibility index (Phi) is 4.41. The van der Waals surface area contributed by atoms with Gasteiger partial charge in [0, 0.05) is 22.3 Å². The number of hydrogen-bond donors (Lipinski definition) is 1. The third-order valence-electron chi connectivity index (χ3n) is 2.42. The van der Waals surface area contributed by atoms with Crippen LogP contribution in [-0.4, -0.2) is 6.54 Å². The summed E-state index contributed by atoms with van der Waals surface area (Å²) in [5.41, 5.74) is 0. The topological polar surface area (TPSA) is 12.0 Å². The molecule has 0 aromatic carbocycles. The molecule has 0 saturated heterocycles. The first-order valence-corrected chi connectivity index (χ1v) is 7.34. The summed E-state index contributed by atoms with van der Waals surface area (Å²) >= 11 is 9.38. The molecular weight excluding hydrogens is 258 g/mol. The second kappa shape index (κ2) is 5.82. The molecule has 1 N–H and O–H groups in total. The zero-order chi connectivity index (χ0) is 11.4. The Morgan fingerprint density at radius 3 is 2.88 bits per heavy atom. The molecule has 86 valence electrons. The van der Waals surface area contributed by atoms with Gasteiger partial charge in [0.05, 0.1) is 4.34 Å². The lowest BCUT2D eigenvalue weighted by atomic mass is 10.2. The number of rotatable bonds is 5. The van der Waals surface area contributed by atoms with Gasteiger partial charge in [-0.2, -0.15) is 0 Å². The molecule has 0 aliphatic carbocycles. The molecule has 1 nitrogen and oxygen atoms in total. The second-order valence-corrected chi connectivity index (χ2v) is 6.43. The van der Waals surface area contributed by atoms with E-state index in [1.54, 1.807) is 11.3 Å². The number of hydrogen-bond acceptors (Lipinski definition) is 3. The summed E-state index contributed by atoms with van der Waals surface area (Å²) in [7, 11) is 0. The number of nitrogens with one attached hydrogen (secondary N) is 1. The maximum absolute atomic E-state index is 5.91. The van der Waals surface area contributed by atoms with Gasteiger partial charge in [0.25, 0.3) is 0 Å². The van der Waals surface area contributed by atoms with Crippen LogP contribution in [0.25, 0.3) is 0 Å². The van der Waals surface area contributed by atoms with E-state index in [2.05, 4.69) is 35.8 Å². The van der Waals surface area contributed by atoms with Gasteiger partial charge in [-0.25, -0.2) is 0 Å². The standard InChI is InChI=1S/C12H14ClNS2/c1-9(11-4-5-12(13)16-11)14-7-6-10-3-2-8-15-10/h2-5,8-9,14H,6-7H2,1H3. The molecule has 0 aliphatic heterocycles. The zero-order valence-electron chi connectivity index (χ0n) is 9.07. The lowest BCUT2D eigenvalue weighted by Gasteiger charge is -2.11. The normalized spacial score (nSPS) is 12.9. The molecule has 0 aliphatic rings. The minimum atomic E-state index is 0.387. The van der Waals surface area contributed by atoms with Crippen molar-refractivity contribution in [3.05, 3.63) is 43.7 Å². The maximum Gasteiger partial charge on any atom is 0.0931 e. The first-order chi connectivity index (χ1) is 7.75. The predicted molar refractivity (Wildman–Crippen MR) is 73.8 cm³/mol. The van der Waals surface area contributed by atoms with E-state index in [4.69, 9.17) is 11.6 Å². The largest absolute Gasteiger partial charge is 0.309 e. The highest BCUT2D eigenvalue weighted by molar-refractivity contribution is 7.16. The van der Waals surface area contributed by atoms with Gasteiger partial charge in [0.1, 0.15) is 0 Å². The molecule has 1 atom stereocenters. The van der Waals surface area contributed by atoms with Crippen LogP contribution >= 0.6 is 34.3 Å². The molecule has 4 heteroatoms. The average molecular weight is 272 g/mol. The van der Waals surface area contributed by atoms with E-state index in [1.807, 2.05) is 17.4 Å². The van der Waals surface area contributed by atoms with Crippen molar-refractivity contribution in [1.82, 2.24) is 5.32 Å². The SMILES string of the molecule is CC(NCCc1cccs1)c1ccc(Cl)s1. The van der Waals surface area contributed by atoms with E-state index < -0.39 is 0 Å². The lowest BCUT2D eigenvalue weighted by Crippen LogP contribution is -2.20. The molecule has 16 heavy (non-hydrogen) atoms. The second-order valence-electron chi connectivity index (χ2n) is 3.65. The highest BCUT2D eigenvalue weighted by atomic mass is 35.5. The van der Waals surface area contributed by atoms with Crippen molar-refractivity contribution in [1.29, 1.82) is 0 Å². The minimum Gasteiger partial charge on any atom is -0.309 e. The molecule has 2 rings (SSSR count). The van der Waals surface area contributed by atoms with Gasteiger partial charge in [-0.15, -0.1) is 22.7 Å². The van der Waals surface area contributed by atoms with Crippen LogP contribution in [0.15, 0.2) is 29.6 Å². The van der Waals surface area contributed by atoms with E-state index in [0.717, 1.165) is 17.3 Å². The third kappa shape index (κ3) is 3.32. The van der Waals surface area contributed by atoms with E-state index in [9.17, 15) is 0 Å². The van der Waals surface area contributed by atoms with Gasteiger partial charge in [0.2, 0.25) is 0 Å². The van der Waals surface area contributed by atoms with E-state index in [1.165, 1.54) is 9.75 Å². The van der Waals surface area contributed by atoms with Crippen molar-refractivity contribution in [2.24, 2.45) is 0 Å². The predicted octanol–water partition coefficient (Wildman–Crippen LogP) is 4.36. The molecule has 0 bridgehead atoms.